The molecule has 0 unspecified atom stereocenters. The van der Waals surface area contributed by atoms with Gasteiger partial charge in [0.25, 0.3) is 0 Å². The molecule has 1 aromatic rings. The van der Waals surface area contributed by atoms with Crippen LogP contribution in [0.15, 0.2) is 16.6 Å². The molecule has 0 radical (unpaired) electrons. The van der Waals surface area contributed by atoms with Crippen LogP contribution < -0.4 is 5.73 Å². The van der Waals surface area contributed by atoms with E-state index in [-0.39, 0.29) is 0 Å². The van der Waals surface area contributed by atoms with Crippen molar-refractivity contribution in [2.75, 3.05) is 19.8 Å². The lowest BCUT2D eigenvalue weighted by molar-refractivity contribution is 0.144. The Morgan fingerprint density at radius 2 is 1.93 bits per heavy atom. The molecular weight excluding hydrogens is 254 g/mol. The van der Waals surface area contributed by atoms with Crippen molar-refractivity contribution in [2.24, 2.45) is 5.73 Å². The first-order valence-corrected chi connectivity index (χ1v) is 5.98. The zero-order chi connectivity index (χ0) is 11.3. The predicted molar refractivity (Wildman–Crippen MR) is 67.2 cm³/mol. The highest BCUT2D eigenvalue weighted by atomic mass is 79.9. The van der Waals surface area contributed by atoms with Gasteiger partial charge in [-0.1, -0.05) is 22.0 Å². The van der Waals surface area contributed by atoms with Gasteiger partial charge >= 0.3 is 0 Å². The van der Waals surface area contributed by atoms with Crippen LogP contribution in [0.4, 0.5) is 0 Å². The van der Waals surface area contributed by atoms with Gasteiger partial charge in [0.15, 0.2) is 0 Å². The summed E-state index contributed by atoms with van der Waals surface area (Å²) in [4.78, 5) is 0. The molecule has 2 nitrogen and oxygen atoms in total. The number of rotatable bonds is 5. The number of benzene rings is 1. The van der Waals surface area contributed by atoms with Crippen molar-refractivity contribution in [1.82, 2.24) is 0 Å². The number of ether oxygens (including phenoxy) is 1. The van der Waals surface area contributed by atoms with Crippen LogP contribution in [0.3, 0.4) is 0 Å². The second kappa shape index (κ2) is 6.26. The van der Waals surface area contributed by atoms with Gasteiger partial charge in [-0.3, -0.25) is 0 Å². The minimum Gasteiger partial charge on any atom is -0.380 e. The Balaban J connectivity index is 2.57. The van der Waals surface area contributed by atoms with Crippen molar-refractivity contribution < 1.29 is 4.74 Å². The molecule has 0 bridgehead atoms. The van der Waals surface area contributed by atoms with E-state index in [1.54, 1.807) is 0 Å². The Morgan fingerprint density at radius 1 is 1.20 bits per heavy atom. The van der Waals surface area contributed by atoms with Crippen LogP contribution in [-0.4, -0.2) is 19.8 Å². The highest BCUT2D eigenvalue weighted by molar-refractivity contribution is 9.10. The van der Waals surface area contributed by atoms with Gasteiger partial charge in [0.2, 0.25) is 0 Å². The van der Waals surface area contributed by atoms with Crippen molar-refractivity contribution in [2.45, 2.75) is 20.3 Å². The maximum atomic E-state index is 5.38. The topological polar surface area (TPSA) is 35.2 Å². The fraction of sp³-hybridized carbons (Fsp3) is 0.500. The number of hydrogen-bond acceptors (Lipinski definition) is 2. The maximum Gasteiger partial charge on any atom is 0.0588 e. The second-order valence-electron chi connectivity index (χ2n) is 3.68. The van der Waals surface area contributed by atoms with E-state index >= 15 is 0 Å². The third-order valence-corrected chi connectivity index (χ3v) is 3.25. The summed E-state index contributed by atoms with van der Waals surface area (Å²) in [5, 5.41) is 0. The summed E-state index contributed by atoms with van der Waals surface area (Å²) in [5.74, 6) is 0. The quantitative estimate of drug-likeness (QED) is 0.836. The standard InChI is InChI=1S/C12H18BrNO/c1-9-8-12(13)10(2)7-11(9)3-5-15-6-4-14/h7-8H,3-6,14H2,1-2H3. The van der Waals surface area contributed by atoms with Crippen molar-refractivity contribution in [3.05, 3.63) is 33.3 Å². The molecule has 1 aromatic carbocycles. The van der Waals surface area contributed by atoms with Crippen molar-refractivity contribution in [1.29, 1.82) is 0 Å². The molecular formula is C12H18BrNO. The van der Waals surface area contributed by atoms with Gasteiger partial charge in [-0.15, -0.1) is 0 Å². The molecule has 3 heteroatoms. The van der Waals surface area contributed by atoms with E-state index < -0.39 is 0 Å². The number of halogens is 1. The average molecular weight is 272 g/mol. The smallest absolute Gasteiger partial charge is 0.0588 e. The van der Waals surface area contributed by atoms with Gasteiger partial charge in [-0.2, -0.15) is 0 Å². The molecule has 0 atom stereocenters. The Bertz CT molecular complexity index is 326. The molecule has 2 N–H and O–H groups in total. The molecule has 15 heavy (non-hydrogen) atoms. The van der Waals surface area contributed by atoms with Gasteiger partial charge in [0, 0.05) is 11.0 Å². The molecule has 0 saturated carbocycles. The summed E-state index contributed by atoms with van der Waals surface area (Å²) < 4.78 is 6.55. The Labute approximate surface area is 99.9 Å². The van der Waals surface area contributed by atoms with Crippen LogP contribution in [0.2, 0.25) is 0 Å². The second-order valence-corrected chi connectivity index (χ2v) is 4.53. The molecule has 0 fully saturated rings. The summed E-state index contributed by atoms with van der Waals surface area (Å²) >= 11 is 3.53. The number of nitrogens with two attached hydrogens (primary N) is 1. The first kappa shape index (κ1) is 12.7. The third-order valence-electron chi connectivity index (χ3n) is 2.40. The number of aryl methyl sites for hydroxylation is 2. The summed E-state index contributed by atoms with van der Waals surface area (Å²) in [6.45, 7) is 6.22. The molecule has 0 aliphatic carbocycles. The summed E-state index contributed by atoms with van der Waals surface area (Å²) in [7, 11) is 0. The highest BCUT2D eigenvalue weighted by Gasteiger charge is 2.02. The molecule has 0 spiro atoms. The van der Waals surface area contributed by atoms with Crippen molar-refractivity contribution >= 4 is 15.9 Å². The van der Waals surface area contributed by atoms with E-state index in [1.807, 2.05) is 0 Å². The predicted octanol–water partition coefficient (Wildman–Crippen LogP) is 2.58. The fourth-order valence-corrected chi connectivity index (χ4v) is 1.94. The van der Waals surface area contributed by atoms with Crippen LogP contribution in [0.1, 0.15) is 16.7 Å². The SMILES string of the molecule is Cc1cc(CCOCCN)c(C)cc1Br. The summed E-state index contributed by atoms with van der Waals surface area (Å²) in [6, 6.07) is 4.37. The molecule has 0 aliphatic rings. The zero-order valence-corrected chi connectivity index (χ0v) is 10.9. The average Bonchev–Trinajstić information content (AvgIpc) is 2.20. The summed E-state index contributed by atoms with van der Waals surface area (Å²) in [5.41, 5.74) is 9.29. The fourth-order valence-electron chi connectivity index (χ4n) is 1.48. The third kappa shape index (κ3) is 3.93. The highest BCUT2D eigenvalue weighted by Crippen LogP contribution is 2.21. The van der Waals surface area contributed by atoms with Gasteiger partial charge in [0.1, 0.15) is 0 Å². The largest absolute Gasteiger partial charge is 0.380 e. The van der Waals surface area contributed by atoms with Crippen LogP contribution >= 0.6 is 15.9 Å². The van der Waals surface area contributed by atoms with E-state index in [0.29, 0.717) is 13.2 Å². The molecule has 0 aliphatic heterocycles. The van der Waals surface area contributed by atoms with Crippen molar-refractivity contribution in [3.63, 3.8) is 0 Å². The lowest BCUT2D eigenvalue weighted by Crippen LogP contribution is -2.10. The Kier molecular flexibility index (Phi) is 5.29. The van der Waals surface area contributed by atoms with Gasteiger partial charge in [-0.25, -0.2) is 0 Å². The normalized spacial score (nSPS) is 10.7. The van der Waals surface area contributed by atoms with Crippen LogP contribution in [0, 0.1) is 13.8 Å². The van der Waals surface area contributed by atoms with E-state index in [4.69, 9.17) is 10.5 Å². The molecule has 0 aromatic heterocycles. The molecule has 1 rings (SSSR count). The van der Waals surface area contributed by atoms with E-state index in [9.17, 15) is 0 Å². The van der Waals surface area contributed by atoms with E-state index in [1.165, 1.54) is 21.2 Å². The van der Waals surface area contributed by atoms with Crippen LogP contribution in [0.25, 0.3) is 0 Å². The molecule has 0 saturated heterocycles. The van der Waals surface area contributed by atoms with Crippen molar-refractivity contribution in [3.8, 4) is 0 Å². The first-order chi connectivity index (χ1) is 7.15. The Morgan fingerprint density at radius 3 is 2.60 bits per heavy atom. The zero-order valence-electron chi connectivity index (χ0n) is 9.35. The lowest BCUT2D eigenvalue weighted by Gasteiger charge is -2.09. The van der Waals surface area contributed by atoms with E-state index in [0.717, 1.165) is 13.0 Å². The minimum absolute atomic E-state index is 0.596. The molecule has 0 heterocycles. The van der Waals surface area contributed by atoms with Crippen LogP contribution in [0.5, 0.6) is 0 Å². The molecule has 84 valence electrons. The van der Waals surface area contributed by atoms with Gasteiger partial charge in [0.05, 0.1) is 13.2 Å². The lowest BCUT2D eigenvalue weighted by atomic mass is 10.0. The number of hydrogen-bond donors (Lipinski definition) is 1. The minimum atomic E-state index is 0.596. The van der Waals surface area contributed by atoms with Gasteiger partial charge in [-0.05, 0) is 43.0 Å². The first-order valence-electron chi connectivity index (χ1n) is 5.18. The molecule has 0 amide bonds. The summed E-state index contributed by atoms with van der Waals surface area (Å²) in [6.07, 6.45) is 0.958. The monoisotopic (exact) mass is 271 g/mol. The van der Waals surface area contributed by atoms with Gasteiger partial charge < -0.3 is 10.5 Å². The van der Waals surface area contributed by atoms with Crippen LogP contribution in [-0.2, 0) is 11.2 Å². The Hall–Kier alpha value is -0.380. The van der Waals surface area contributed by atoms with E-state index in [2.05, 4.69) is 41.9 Å². The maximum absolute atomic E-state index is 5.38.